The second-order valence-electron chi connectivity index (χ2n) is 6.37. The van der Waals surface area contributed by atoms with E-state index < -0.39 is 0 Å². The molecule has 1 aliphatic rings. The molecule has 1 aliphatic carbocycles. The lowest BCUT2D eigenvalue weighted by Crippen LogP contribution is -2.43. The molecule has 1 amide bonds. The maximum Gasteiger partial charge on any atom is 0.325 e. The minimum absolute atomic E-state index is 0.0426. The molecule has 122 valence electrons. The summed E-state index contributed by atoms with van der Waals surface area (Å²) >= 11 is 0. The first-order chi connectivity index (χ1) is 9.97. The molecule has 5 nitrogen and oxygen atoms in total. The Labute approximate surface area is 128 Å². The van der Waals surface area contributed by atoms with E-state index in [1.54, 1.807) is 11.8 Å². The SMILES string of the molecule is CCOC(=O)CN(CC(C)C)C(=O)C1CCC(CN)CC1. The molecular formula is C16H30N2O3. The van der Waals surface area contributed by atoms with Crippen molar-refractivity contribution in [2.24, 2.45) is 23.5 Å². The summed E-state index contributed by atoms with van der Waals surface area (Å²) in [5.41, 5.74) is 5.69. The maximum atomic E-state index is 12.7. The van der Waals surface area contributed by atoms with Crippen molar-refractivity contribution in [1.82, 2.24) is 4.90 Å². The average molecular weight is 298 g/mol. The third-order valence-corrected chi connectivity index (χ3v) is 4.05. The lowest BCUT2D eigenvalue weighted by molar-refractivity contribution is -0.151. The van der Waals surface area contributed by atoms with Gasteiger partial charge in [-0.15, -0.1) is 0 Å². The Morgan fingerprint density at radius 1 is 1.24 bits per heavy atom. The smallest absolute Gasteiger partial charge is 0.325 e. The number of hydrogen-bond donors (Lipinski definition) is 1. The topological polar surface area (TPSA) is 72.6 Å². The molecule has 0 unspecified atom stereocenters. The first-order valence-electron chi connectivity index (χ1n) is 8.12. The standard InChI is InChI=1S/C16H30N2O3/c1-4-21-15(19)11-18(10-12(2)3)16(20)14-7-5-13(9-17)6-8-14/h12-14H,4-11,17H2,1-3H3. The quantitative estimate of drug-likeness (QED) is 0.727. The second-order valence-corrected chi connectivity index (χ2v) is 6.37. The van der Waals surface area contributed by atoms with Gasteiger partial charge in [0.25, 0.3) is 0 Å². The van der Waals surface area contributed by atoms with Gasteiger partial charge in [-0.1, -0.05) is 13.8 Å². The van der Waals surface area contributed by atoms with Crippen LogP contribution in [0.15, 0.2) is 0 Å². The van der Waals surface area contributed by atoms with E-state index in [1.807, 2.05) is 0 Å². The third-order valence-electron chi connectivity index (χ3n) is 4.05. The summed E-state index contributed by atoms with van der Waals surface area (Å²) in [6.45, 7) is 7.62. The van der Waals surface area contributed by atoms with E-state index in [0.29, 0.717) is 31.5 Å². The molecule has 5 heteroatoms. The fourth-order valence-corrected chi connectivity index (χ4v) is 2.94. The van der Waals surface area contributed by atoms with Crippen molar-refractivity contribution in [3.63, 3.8) is 0 Å². The Morgan fingerprint density at radius 2 is 1.86 bits per heavy atom. The maximum absolute atomic E-state index is 12.7. The van der Waals surface area contributed by atoms with Gasteiger partial charge < -0.3 is 15.4 Å². The summed E-state index contributed by atoms with van der Waals surface area (Å²) < 4.78 is 4.98. The molecule has 1 saturated carbocycles. The van der Waals surface area contributed by atoms with E-state index in [0.717, 1.165) is 25.7 Å². The fourth-order valence-electron chi connectivity index (χ4n) is 2.94. The van der Waals surface area contributed by atoms with Gasteiger partial charge in [0.2, 0.25) is 5.91 Å². The molecule has 1 rings (SSSR count). The zero-order valence-electron chi connectivity index (χ0n) is 13.6. The van der Waals surface area contributed by atoms with Crippen LogP contribution < -0.4 is 5.73 Å². The highest BCUT2D eigenvalue weighted by atomic mass is 16.5. The van der Waals surface area contributed by atoms with Gasteiger partial charge in [0.05, 0.1) is 6.61 Å². The fraction of sp³-hybridized carbons (Fsp3) is 0.875. The molecule has 0 radical (unpaired) electrons. The highest BCUT2D eigenvalue weighted by Crippen LogP contribution is 2.29. The number of nitrogens with zero attached hydrogens (tertiary/aromatic N) is 1. The van der Waals surface area contributed by atoms with E-state index in [-0.39, 0.29) is 24.3 Å². The van der Waals surface area contributed by atoms with E-state index in [2.05, 4.69) is 13.8 Å². The second kappa shape index (κ2) is 9.03. The minimum Gasteiger partial charge on any atom is -0.465 e. The van der Waals surface area contributed by atoms with Crippen molar-refractivity contribution < 1.29 is 14.3 Å². The third kappa shape index (κ3) is 6.04. The van der Waals surface area contributed by atoms with Gasteiger partial charge in [0.1, 0.15) is 6.54 Å². The number of esters is 1. The predicted octanol–water partition coefficient (Wildman–Crippen LogP) is 1.80. The number of hydrogen-bond acceptors (Lipinski definition) is 4. The molecule has 0 spiro atoms. The summed E-state index contributed by atoms with van der Waals surface area (Å²) in [6.07, 6.45) is 3.81. The van der Waals surface area contributed by atoms with Gasteiger partial charge in [-0.05, 0) is 51.0 Å². The molecule has 2 N–H and O–H groups in total. The van der Waals surface area contributed by atoms with Crippen LogP contribution in [-0.4, -0.2) is 43.0 Å². The number of carbonyl (C=O) groups is 2. The van der Waals surface area contributed by atoms with Crippen LogP contribution in [0.4, 0.5) is 0 Å². The van der Waals surface area contributed by atoms with Gasteiger partial charge in [-0.2, -0.15) is 0 Å². The average Bonchev–Trinajstić information content (AvgIpc) is 2.45. The monoisotopic (exact) mass is 298 g/mol. The molecule has 0 bridgehead atoms. The molecule has 1 fully saturated rings. The van der Waals surface area contributed by atoms with Crippen LogP contribution in [-0.2, 0) is 14.3 Å². The van der Waals surface area contributed by atoms with Crippen LogP contribution in [0.2, 0.25) is 0 Å². The first kappa shape index (κ1) is 18.0. The summed E-state index contributed by atoms with van der Waals surface area (Å²) in [5.74, 6) is 0.719. The largest absolute Gasteiger partial charge is 0.465 e. The molecule has 0 atom stereocenters. The van der Waals surface area contributed by atoms with Crippen LogP contribution >= 0.6 is 0 Å². The van der Waals surface area contributed by atoms with Gasteiger partial charge >= 0.3 is 5.97 Å². The minimum atomic E-state index is -0.317. The van der Waals surface area contributed by atoms with Crippen molar-refractivity contribution in [2.45, 2.75) is 46.5 Å². The Bertz CT molecular complexity index is 336. The van der Waals surface area contributed by atoms with Crippen LogP contribution in [0.1, 0.15) is 46.5 Å². The Morgan fingerprint density at radius 3 is 2.33 bits per heavy atom. The number of amides is 1. The number of rotatable bonds is 7. The predicted molar refractivity (Wildman–Crippen MR) is 82.6 cm³/mol. The lowest BCUT2D eigenvalue weighted by Gasteiger charge is -2.32. The van der Waals surface area contributed by atoms with Gasteiger partial charge in [-0.25, -0.2) is 0 Å². The summed E-state index contributed by atoms with van der Waals surface area (Å²) in [6, 6.07) is 0. The van der Waals surface area contributed by atoms with Crippen molar-refractivity contribution in [3.8, 4) is 0 Å². The molecule has 0 aromatic heterocycles. The molecule has 0 aromatic rings. The Balaban J connectivity index is 2.60. The summed E-state index contributed by atoms with van der Waals surface area (Å²) in [7, 11) is 0. The van der Waals surface area contributed by atoms with Crippen molar-refractivity contribution in [3.05, 3.63) is 0 Å². The van der Waals surface area contributed by atoms with Gasteiger partial charge in [0.15, 0.2) is 0 Å². The Hall–Kier alpha value is -1.10. The summed E-state index contributed by atoms with van der Waals surface area (Å²) in [4.78, 5) is 26.0. The van der Waals surface area contributed by atoms with Crippen LogP contribution in [0.5, 0.6) is 0 Å². The molecule has 0 aliphatic heterocycles. The first-order valence-corrected chi connectivity index (χ1v) is 8.12. The normalized spacial score (nSPS) is 22.1. The lowest BCUT2D eigenvalue weighted by atomic mass is 9.81. The van der Waals surface area contributed by atoms with Crippen molar-refractivity contribution in [1.29, 1.82) is 0 Å². The van der Waals surface area contributed by atoms with E-state index >= 15 is 0 Å². The zero-order chi connectivity index (χ0) is 15.8. The molecular weight excluding hydrogens is 268 g/mol. The van der Waals surface area contributed by atoms with Crippen LogP contribution in [0, 0.1) is 17.8 Å². The van der Waals surface area contributed by atoms with Crippen LogP contribution in [0.25, 0.3) is 0 Å². The van der Waals surface area contributed by atoms with E-state index in [9.17, 15) is 9.59 Å². The Kier molecular flexibility index (Phi) is 7.72. The van der Waals surface area contributed by atoms with Gasteiger partial charge in [0, 0.05) is 12.5 Å². The summed E-state index contributed by atoms with van der Waals surface area (Å²) in [5, 5.41) is 0. The highest BCUT2D eigenvalue weighted by Gasteiger charge is 2.30. The van der Waals surface area contributed by atoms with Crippen molar-refractivity contribution in [2.75, 3.05) is 26.2 Å². The van der Waals surface area contributed by atoms with Crippen LogP contribution in [0.3, 0.4) is 0 Å². The van der Waals surface area contributed by atoms with E-state index in [1.165, 1.54) is 0 Å². The number of ether oxygens (including phenoxy) is 1. The number of nitrogens with two attached hydrogens (primary N) is 1. The molecule has 0 heterocycles. The molecule has 0 aromatic carbocycles. The molecule has 21 heavy (non-hydrogen) atoms. The molecule has 0 saturated heterocycles. The van der Waals surface area contributed by atoms with Crippen molar-refractivity contribution >= 4 is 11.9 Å². The zero-order valence-corrected chi connectivity index (χ0v) is 13.6. The highest BCUT2D eigenvalue weighted by molar-refractivity contribution is 5.83. The van der Waals surface area contributed by atoms with Gasteiger partial charge in [-0.3, -0.25) is 9.59 Å². The van der Waals surface area contributed by atoms with E-state index in [4.69, 9.17) is 10.5 Å². The number of carbonyl (C=O) groups excluding carboxylic acids is 2.